The van der Waals surface area contributed by atoms with E-state index < -0.39 is 0 Å². The molecule has 4 rings (SSSR count). The first-order chi connectivity index (χ1) is 14.5. The Kier molecular flexibility index (Phi) is 6.19. The number of hydrogen-bond acceptors (Lipinski definition) is 7. The van der Waals surface area contributed by atoms with E-state index in [0.717, 1.165) is 5.75 Å². The van der Waals surface area contributed by atoms with E-state index >= 15 is 0 Å². The van der Waals surface area contributed by atoms with Crippen LogP contribution in [-0.4, -0.2) is 66.0 Å². The third-order valence-corrected chi connectivity index (χ3v) is 6.63. The maximum atomic E-state index is 13.4. The first-order valence-corrected chi connectivity index (χ1v) is 11.0. The van der Waals surface area contributed by atoms with E-state index in [0.29, 0.717) is 41.1 Å². The van der Waals surface area contributed by atoms with Crippen molar-refractivity contribution in [1.82, 2.24) is 29.9 Å². The fourth-order valence-corrected chi connectivity index (χ4v) is 4.45. The van der Waals surface area contributed by atoms with Gasteiger partial charge in [0, 0.05) is 18.3 Å². The molecule has 3 heterocycles. The maximum absolute atomic E-state index is 13.4. The predicted octanol–water partition coefficient (Wildman–Crippen LogP) is 3.04. The van der Waals surface area contributed by atoms with Gasteiger partial charge in [-0.15, -0.1) is 0 Å². The molecular formula is C20H21ClN6O2S. The van der Waals surface area contributed by atoms with Gasteiger partial charge in [0.15, 0.2) is 0 Å². The van der Waals surface area contributed by atoms with Crippen molar-refractivity contribution in [2.75, 3.05) is 18.9 Å². The molecule has 2 aromatic heterocycles. The van der Waals surface area contributed by atoms with Crippen molar-refractivity contribution >= 4 is 29.3 Å². The highest BCUT2D eigenvalue weighted by Gasteiger charge is 2.32. The first kappa shape index (κ1) is 20.6. The average Bonchev–Trinajstić information content (AvgIpc) is 3.30. The molecule has 1 aliphatic heterocycles. The maximum Gasteiger partial charge on any atom is 0.316 e. The Hall–Kier alpha value is -2.65. The van der Waals surface area contributed by atoms with Gasteiger partial charge < -0.3 is 9.64 Å². The number of nitrogens with zero attached hydrogens (tertiary/aromatic N) is 6. The number of thioether (sulfide) groups is 1. The molecule has 1 amide bonds. The molecule has 0 unspecified atom stereocenters. The average molecular weight is 445 g/mol. The Morgan fingerprint density at radius 3 is 2.83 bits per heavy atom. The summed E-state index contributed by atoms with van der Waals surface area (Å²) in [5.41, 5.74) is 1.91. The SMILES string of the molecule is Cc1nc(OC[C@H]2CN(C(=O)c3ccccc3-n3nccn3)[C@H](C)CS2)ncc1Cl. The van der Waals surface area contributed by atoms with Crippen LogP contribution in [0.1, 0.15) is 23.0 Å². The van der Waals surface area contributed by atoms with Crippen LogP contribution in [0.3, 0.4) is 0 Å². The number of hydrogen-bond donors (Lipinski definition) is 0. The van der Waals surface area contributed by atoms with Crippen LogP contribution in [0.5, 0.6) is 6.01 Å². The molecule has 0 bridgehead atoms. The largest absolute Gasteiger partial charge is 0.462 e. The van der Waals surface area contributed by atoms with E-state index in [2.05, 4.69) is 27.1 Å². The first-order valence-electron chi connectivity index (χ1n) is 9.53. The third-order valence-electron chi connectivity index (χ3n) is 4.83. The molecule has 8 nitrogen and oxygen atoms in total. The molecule has 3 aromatic rings. The van der Waals surface area contributed by atoms with E-state index in [-0.39, 0.29) is 17.2 Å². The Morgan fingerprint density at radius 1 is 1.30 bits per heavy atom. The van der Waals surface area contributed by atoms with Crippen LogP contribution in [0.15, 0.2) is 42.9 Å². The number of aromatic nitrogens is 5. The Labute approximate surface area is 183 Å². The second kappa shape index (κ2) is 9.01. The second-order valence-corrected chi connectivity index (χ2v) is 8.74. The van der Waals surface area contributed by atoms with Crippen molar-refractivity contribution in [2.24, 2.45) is 0 Å². The van der Waals surface area contributed by atoms with Gasteiger partial charge in [0.05, 0.1) is 45.8 Å². The molecule has 0 radical (unpaired) electrons. The molecule has 1 aliphatic rings. The molecule has 30 heavy (non-hydrogen) atoms. The molecule has 2 atom stereocenters. The van der Waals surface area contributed by atoms with Gasteiger partial charge in [0.2, 0.25) is 0 Å². The van der Waals surface area contributed by atoms with Gasteiger partial charge in [-0.1, -0.05) is 23.7 Å². The molecule has 0 aliphatic carbocycles. The van der Waals surface area contributed by atoms with Crippen molar-refractivity contribution in [3.05, 3.63) is 59.1 Å². The second-order valence-electron chi connectivity index (χ2n) is 6.99. The zero-order chi connectivity index (χ0) is 21.1. The summed E-state index contributed by atoms with van der Waals surface area (Å²) in [6, 6.07) is 7.78. The Morgan fingerprint density at radius 2 is 2.07 bits per heavy atom. The summed E-state index contributed by atoms with van der Waals surface area (Å²) >= 11 is 7.75. The van der Waals surface area contributed by atoms with E-state index in [1.165, 1.54) is 11.0 Å². The fourth-order valence-electron chi connectivity index (χ4n) is 3.19. The van der Waals surface area contributed by atoms with Gasteiger partial charge in [-0.05, 0) is 26.0 Å². The van der Waals surface area contributed by atoms with E-state index in [9.17, 15) is 4.79 Å². The lowest BCUT2D eigenvalue weighted by atomic mass is 10.1. The predicted molar refractivity (Wildman–Crippen MR) is 115 cm³/mol. The van der Waals surface area contributed by atoms with Crippen molar-refractivity contribution in [1.29, 1.82) is 0 Å². The molecule has 1 fully saturated rings. The number of benzene rings is 1. The van der Waals surface area contributed by atoms with Crippen LogP contribution in [0.25, 0.3) is 5.69 Å². The van der Waals surface area contributed by atoms with Crippen molar-refractivity contribution in [2.45, 2.75) is 25.1 Å². The fraction of sp³-hybridized carbons (Fsp3) is 0.350. The summed E-state index contributed by atoms with van der Waals surface area (Å²) in [5, 5.41) is 8.96. The van der Waals surface area contributed by atoms with E-state index in [4.69, 9.17) is 16.3 Å². The molecule has 0 spiro atoms. The third kappa shape index (κ3) is 4.41. The normalized spacial score (nSPS) is 19.0. The lowest BCUT2D eigenvalue weighted by Crippen LogP contribution is -2.49. The van der Waals surface area contributed by atoms with Crippen LogP contribution < -0.4 is 4.74 Å². The van der Waals surface area contributed by atoms with Gasteiger partial charge in [0.1, 0.15) is 6.61 Å². The summed E-state index contributed by atoms with van der Waals surface area (Å²) in [6.45, 7) is 4.84. The van der Waals surface area contributed by atoms with Gasteiger partial charge in [-0.2, -0.15) is 31.7 Å². The number of halogens is 1. The Bertz CT molecular complexity index is 1030. The zero-order valence-corrected chi connectivity index (χ0v) is 18.2. The van der Waals surface area contributed by atoms with Crippen molar-refractivity contribution < 1.29 is 9.53 Å². The highest BCUT2D eigenvalue weighted by atomic mass is 35.5. The number of aryl methyl sites for hydroxylation is 1. The van der Waals surface area contributed by atoms with Gasteiger partial charge in [0.25, 0.3) is 5.91 Å². The topological polar surface area (TPSA) is 86.0 Å². The van der Waals surface area contributed by atoms with Crippen LogP contribution in [0, 0.1) is 6.92 Å². The smallest absolute Gasteiger partial charge is 0.316 e. The summed E-state index contributed by atoms with van der Waals surface area (Å²) in [5.74, 6) is 0.780. The summed E-state index contributed by atoms with van der Waals surface area (Å²) in [4.78, 5) is 25.1. The van der Waals surface area contributed by atoms with Crippen LogP contribution in [0.4, 0.5) is 0 Å². The van der Waals surface area contributed by atoms with Crippen LogP contribution in [0.2, 0.25) is 5.02 Å². The molecule has 0 saturated carbocycles. The molecule has 10 heteroatoms. The lowest BCUT2D eigenvalue weighted by Gasteiger charge is -2.37. The van der Waals surface area contributed by atoms with E-state index in [1.807, 2.05) is 29.2 Å². The number of carbonyl (C=O) groups is 1. The van der Waals surface area contributed by atoms with Crippen LogP contribution in [-0.2, 0) is 0 Å². The minimum absolute atomic E-state index is 0.0423. The van der Waals surface area contributed by atoms with Crippen molar-refractivity contribution in [3.63, 3.8) is 0 Å². The standard InChI is InChI=1S/C20H21ClN6O2S/c1-13-12-30-15(11-29-20-22-9-17(21)14(2)25-20)10-26(13)19(28)16-5-3-4-6-18(16)27-23-7-8-24-27/h3-9,13,15H,10-12H2,1-2H3/t13-,15-/m1/s1. The van der Waals surface area contributed by atoms with Crippen LogP contribution >= 0.6 is 23.4 Å². The summed E-state index contributed by atoms with van der Waals surface area (Å²) < 4.78 is 5.77. The van der Waals surface area contributed by atoms with Gasteiger partial charge in [-0.3, -0.25) is 4.79 Å². The number of rotatable bonds is 5. The Balaban J connectivity index is 1.47. The zero-order valence-electron chi connectivity index (χ0n) is 16.6. The van der Waals surface area contributed by atoms with Crippen molar-refractivity contribution in [3.8, 4) is 11.7 Å². The molecule has 0 N–H and O–H groups in total. The molecule has 156 valence electrons. The lowest BCUT2D eigenvalue weighted by molar-refractivity contribution is 0.0691. The van der Waals surface area contributed by atoms with Gasteiger partial charge >= 0.3 is 6.01 Å². The van der Waals surface area contributed by atoms with E-state index in [1.54, 1.807) is 31.1 Å². The quantitative estimate of drug-likeness (QED) is 0.597. The minimum atomic E-state index is -0.0423. The highest BCUT2D eigenvalue weighted by Crippen LogP contribution is 2.27. The number of carbonyl (C=O) groups excluding carboxylic acids is 1. The summed E-state index contributed by atoms with van der Waals surface area (Å²) in [6.07, 6.45) is 4.72. The minimum Gasteiger partial charge on any atom is -0.462 e. The highest BCUT2D eigenvalue weighted by molar-refractivity contribution is 8.00. The monoisotopic (exact) mass is 444 g/mol. The van der Waals surface area contributed by atoms with Gasteiger partial charge in [-0.25, -0.2) is 4.98 Å². The number of amides is 1. The molecule has 1 aromatic carbocycles. The summed E-state index contributed by atoms with van der Waals surface area (Å²) in [7, 11) is 0. The molecule has 1 saturated heterocycles. The number of para-hydroxylation sites is 1. The number of ether oxygens (including phenoxy) is 1. The molecular weight excluding hydrogens is 424 g/mol.